The molecule has 0 unspecified atom stereocenters. The van der Waals surface area contributed by atoms with Crippen LogP contribution in [0.1, 0.15) is 10.4 Å². The SMILES string of the molecule is O=C(O)c1cccc(F)c1F.[KH]. The van der Waals surface area contributed by atoms with Gasteiger partial charge in [-0.2, -0.15) is 0 Å². The van der Waals surface area contributed by atoms with Gasteiger partial charge >= 0.3 is 57.4 Å². The van der Waals surface area contributed by atoms with Crippen LogP contribution in [0.25, 0.3) is 0 Å². The number of benzene rings is 1. The fourth-order valence-corrected chi connectivity index (χ4v) is 0.669. The van der Waals surface area contributed by atoms with Gasteiger partial charge in [0, 0.05) is 0 Å². The molecule has 0 fully saturated rings. The van der Waals surface area contributed by atoms with Gasteiger partial charge < -0.3 is 5.11 Å². The molecule has 12 heavy (non-hydrogen) atoms. The van der Waals surface area contributed by atoms with Crippen LogP contribution in [0.3, 0.4) is 0 Å². The first-order valence-corrected chi connectivity index (χ1v) is 2.80. The van der Waals surface area contributed by atoms with E-state index in [4.69, 9.17) is 5.11 Å². The Hall–Kier alpha value is 0.186. The van der Waals surface area contributed by atoms with E-state index in [1.54, 1.807) is 0 Å². The van der Waals surface area contributed by atoms with Crippen molar-refractivity contribution in [3.05, 3.63) is 35.4 Å². The molecule has 1 N–H and O–H groups in total. The summed E-state index contributed by atoms with van der Waals surface area (Å²) in [6.07, 6.45) is 0. The van der Waals surface area contributed by atoms with Crippen molar-refractivity contribution in [1.29, 1.82) is 0 Å². The molecular formula is C7H5F2KO2. The third kappa shape index (κ3) is 2.60. The fourth-order valence-electron chi connectivity index (χ4n) is 0.669. The molecule has 1 aromatic rings. The second-order valence-corrected chi connectivity index (χ2v) is 1.91. The number of hydrogen-bond donors (Lipinski definition) is 1. The van der Waals surface area contributed by atoms with E-state index in [1.165, 1.54) is 0 Å². The Morgan fingerprint density at radius 3 is 2.33 bits per heavy atom. The zero-order valence-corrected chi connectivity index (χ0v) is 5.34. The van der Waals surface area contributed by atoms with Crippen LogP contribution < -0.4 is 0 Å². The molecule has 0 aliphatic heterocycles. The van der Waals surface area contributed by atoms with E-state index in [2.05, 4.69) is 0 Å². The van der Waals surface area contributed by atoms with Gasteiger partial charge in [-0.1, -0.05) is 6.07 Å². The summed E-state index contributed by atoms with van der Waals surface area (Å²) >= 11 is 0. The van der Waals surface area contributed by atoms with E-state index < -0.39 is 23.2 Å². The third-order valence-corrected chi connectivity index (χ3v) is 1.18. The summed E-state index contributed by atoms with van der Waals surface area (Å²) in [6.45, 7) is 0. The van der Waals surface area contributed by atoms with Gasteiger partial charge in [0.2, 0.25) is 0 Å². The number of halogens is 2. The summed E-state index contributed by atoms with van der Waals surface area (Å²) in [5.41, 5.74) is -0.648. The monoisotopic (exact) mass is 198 g/mol. The Bertz CT molecular complexity index is 301. The fraction of sp³-hybridized carbons (Fsp3) is 0. The normalized spacial score (nSPS) is 8.83. The Kier molecular flexibility index (Phi) is 5.11. The van der Waals surface area contributed by atoms with Crippen molar-refractivity contribution in [2.45, 2.75) is 0 Å². The van der Waals surface area contributed by atoms with E-state index >= 15 is 0 Å². The first-order chi connectivity index (χ1) is 5.13. The summed E-state index contributed by atoms with van der Waals surface area (Å²) in [4.78, 5) is 10.2. The van der Waals surface area contributed by atoms with E-state index in [0.717, 1.165) is 18.2 Å². The van der Waals surface area contributed by atoms with Crippen LogP contribution in [0.2, 0.25) is 0 Å². The van der Waals surface area contributed by atoms with Crippen molar-refractivity contribution in [3.8, 4) is 0 Å². The van der Waals surface area contributed by atoms with Crippen LogP contribution in [0.4, 0.5) is 8.78 Å². The number of carboxylic acids is 1. The third-order valence-electron chi connectivity index (χ3n) is 1.18. The van der Waals surface area contributed by atoms with Crippen molar-refractivity contribution in [3.63, 3.8) is 0 Å². The second-order valence-electron chi connectivity index (χ2n) is 1.91. The maximum atomic E-state index is 12.5. The molecule has 0 heterocycles. The van der Waals surface area contributed by atoms with Crippen LogP contribution >= 0.6 is 0 Å². The van der Waals surface area contributed by atoms with Crippen molar-refractivity contribution >= 4 is 57.4 Å². The molecule has 0 aliphatic rings. The zero-order chi connectivity index (χ0) is 8.43. The number of carboxylic acid groups (broad SMARTS) is 1. The molecular weight excluding hydrogens is 193 g/mol. The van der Waals surface area contributed by atoms with Gasteiger partial charge in [-0.05, 0) is 12.1 Å². The Morgan fingerprint density at radius 2 is 1.92 bits per heavy atom. The Morgan fingerprint density at radius 1 is 1.33 bits per heavy atom. The van der Waals surface area contributed by atoms with E-state index in [9.17, 15) is 13.6 Å². The van der Waals surface area contributed by atoms with Gasteiger partial charge in [-0.25, -0.2) is 13.6 Å². The van der Waals surface area contributed by atoms with Gasteiger partial charge in [0.05, 0.1) is 5.56 Å². The Labute approximate surface area is 110 Å². The molecule has 2 nitrogen and oxygen atoms in total. The number of aromatic carboxylic acids is 1. The van der Waals surface area contributed by atoms with E-state index in [1.807, 2.05) is 0 Å². The summed E-state index contributed by atoms with van der Waals surface area (Å²) in [7, 11) is 0. The summed E-state index contributed by atoms with van der Waals surface area (Å²) in [5, 5.41) is 8.28. The molecule has 0 aromatic heterocycles. The van der Waals surface area contributed by atoms with Crippen molar-refractivity contribution in [2.75, 3.05) is 0 Å². The van der Waals surface area contributed by atoms with E-state index in [-0.39, 0.29) is 51.4 Å². The van der Waals surface area contributed by atoms with Gasteiger partial charge in [0.25, 0.3) is 0 Å². The summed E-state index contributed by atoms with van der Waals surface area (Å²) in [5.74, 6) is -3.94. The van der Waals surface area contributed by atoms with Gasteiger partial charge in [0.15, 0.2) is 11.6 Å². The van der Waals surface area contributed by atoms with Gasteiger partial charge in [-0.3, -0.25) is 0 Å². The van der Waals surface area contributed by atoms with Crippen molar-refractivity contribution in [1.82, 2.24) is 0 Å². The van der Waals surface area contributed by atoms with Gasteiger partial charge in [0.1, 0.15) is 0 Å². The minimum absolute atomic E-state index is 0. The number of rotatable bonds is 1. The second kappa shape index (κ2) is 5.03. The molecule has 0 saturated heterocycles. The first-order valence-electron chi connectivity index (χ1n) is 2.80. The standard InChI is InChI=1S/C7H4F2O2.K.H/c8-5-3-1-2-4(6(5)9)7(10)11;;/h1-3H,(H,10,11);;. The van der Waals surface area contributed by atoms with Crippen LogP contribution in [0.15, 0.2) is 18.2 Å². The molecule has 0 spiro atoms. The molecule has 60 valence electrons. The summed E-state index contributed by atoms with van der Waals surface area (Å²) in [6, 6.07) is 3.00. The molecule has 0 bridgehead atoms. The van der Waals surface area contributed by atoms with Crippen molar-refractivity contribution < 1.29 is 18.7 Å². The Balaban J connectivity index is 0.00000121. The van der Waals surface area contributed by atoms with Gasteiger partial charge in [-0.15, -0.1) is 0 Å². The van der Waals surface area contributed by atoms with Crippen LogP contribution in [-0.4, -0.2) is 62.5 Å². The maximum absolute atomic E-state index is 12.5. The number of hydrogen-bond acceptors (Lipinski definition) is 1. The molecule has 0 radical (unpaired) electrons. The van der Waals surface area contributed by atoms with Crippen molar-refractivity contribution in [2.24, 2.45) is 0 Å². The molecule has 0 atom stereocenters. The van der Waals surface area contributed by atoms with Crippen LogP contribution in [0.5, 0.6) is 0 Å². The predicted molar refractivity (Wildman–Crippen MR) is 40.5 cm³/mol. The number of carbonyl (C=O) groups is 1. The van der Waals surface area contributed by atoms with Crippen LogP contribution in [0, 0.1) is 11.6 Å². The molecule has 1 aromatic carbocycles. The quantitative estimate of drug-likeness (QED) is 0.684. The molecule has 0 amide bonds. The zero-order valence-electron chi connectivity index (χ0n) is 5.34. The van der Waals surface area contributed by atoms with E-state index in [0.29, 0.717) is 0 Å². The predicted octanol–water partition coefficient (Wildman–Crippen LogP) is 1.01. The minimum atomic E-state index is -1.47. The average Bonchev–Trinajstić information content (AvgIpc) is 1.94. The molecule has 1 rings (SSSR count). The summed E-state index contributed by atoms with van der Waals surface area (Å²) < 4.78 is 24.8. The topological polar surface area (TPSA) is 37.3 Å². The molecule has 5 heteroatoms. The first kappa shape index (κ1) is 12.2. The molecule has 0 aliphatic carbocycles. The van der Waals surface area contributed by atoms with Crippen LogP contribution in [-0.2, 0) is 0 Å². The average molecular weight is 198 g/mol. The molecule has 0 saturated carbocycles.